The molecule has 26 heavy (non-hydrogen) atoms. The molecule has 2 fully saturated rings. The van der Waals surface area contributed by atoms with Gasteiger partial charge in [0, 0.05) is 25.6 Å². The highest BCUT2D eigenvalue weighted by atomic mass is 16.5. The molecule has 2 saturated heterocycles. The van der Waals surface area contributed by atoms with Gasteiger partial charge in [-0.3, -0.25) is 9.59 Å². The van der Waals surface area contributed by atoms with E-state index in [4.69, 9.17) is 9.47 Å². The SMILES string of the molecule is COc1ccc(N2C[C@H](C(=O)N3CCC[C@@H]3C(=O)O)CC2=O)c(OC)c1. The zero-order chi connectivity index (χ0) is 18.8. The van der Waals surface area contributed by atoms with Crippen LogP contribution >= 0.6 is 0 Å². The molecule has 2 amide bonds. The topological polar surface area (TPSA) is 96.4 Å². The van der Waals surface area contributed by atoms with Crippen LogP contribution in [-0.2, 0) is 14.4 Å². The van der Waals surface area contributed by atoms with Gasteiger partial charge in [0.25, 0.3) is 0 Å². The number of aliphatic carboxylic acids is 1. The standard InChI is InChI=1S/C18H22N2O6/c1-25-12-5-6-13(15(9-12)26-2)20-10-11(8-16(20)21)17(22)19-7-3-4-14(19)18(23)24/h5-6,9,11,14H,3-4,7-8,10H2,1-2H3,(H,23,24)/t11-,14-/m1/s1. The quantitative estimate of drug-likeness (QED) is 0.844. The van der Waals surface area contributed by atoms with Crippen molar-refractivity contribution in [2.75, 3.05) is 32.2 Å². The number of amides is 2. The average Bonchev–Trinajstić information content (AvgIpc) is 3.27. The molecule has 1 aromatic carbocycles. The predicted octanol–water partition coefficient (Wildman–Crippen LogP) is 1.13. The second-order valence-electron chi connectivity index (χ2n) is 6.47. The first-order valence-electron chi connectivity index (χ1n) is 8.52. The summed E-state index contributed by atoms with van der Waals surface area (Å²) in [6.07, 6.45) is 1.19. The molecule has 8 heteroatoms. The Morgan fingerprint density at radius 3 is 2.65 bits per heavy atom. The van der Waals surface area contributed by atoms with Gasteiger partial charge in [-0.05, 0) is 25.0 Å². The van der Waals surface area contributed by atoms with Crippen molar-refractivity contribution in [3.05, 3.63) is 18.2 Å². The molecule has 2 heterocycles. The van der Waals surface area contributed by atoms with Gasteiger partial charge in [-0.2, -0.15) is 0 Å². The first-order valence-corrected chi connectivity index (χ1v) is 8.52. The van der Waals surface area contributed by atoms with Crippen molar-refractivity contribution in [1.29, 1.82) is 0 Å². The molecule has 2 atom stereocenters. The first kappa shape index (κ1) is 18.0. The Kier molecular flexibility index (Phi) is 5.01. The van der Waals surface area contributed by atoms with Gasteiger partial charge in [0.2, 0.25) is 11.8 Å². The van der Waals surface area contributed by atoms with E-state index < -0.39 is 17.9 Å². The third kappa shape index (κ3) is 3.18. The van der Waals surface area contributed by atoms with Crippen molar-refractivity contribution >= 4 is 23.5 Å². The summed E-state index contributed by atoms with van der Waals surface area (Å²) in [5, 5.41) is 9.28. The molecule has 3 rings (SSSR count). The fourth-order valence-corrected chi connectivity index (χ4v) is 3.64. The van der Waals surface area contributed by atoms with E-state index >= 15 is 0 Å². The lowest BCUT2D eigenvalue weighted by atomic mass is 10.1. The van der Waals surface area contributed by atoms with Crippen LogP contribution in [0.5, 0.6) is 11.5 Å². The van der Waals surface area contributed by atoms with E-state index in [1.807, 2.05) is 0 Å². The number of likely N-dealkylation sites (tertiary alicyclic amines) is 1. The van der Waals surface area contributed by atoms with Crippen molar-refractivity contribution in [2.24, 2.45) is 5.92 Å². The number of carbonyl (C=O) groups excluding carboxylic acids is 2. The van der Waals surface area contributed by atoms with Gasteiger partial charge in [0.15, 0.2) is 0 Å². The van der Waals surface area contributed by atoms with Gasteiger partial charge < -0.3 is 24.4 Å². The molecule has 2 aliphatic heterocycles. The van der Waals surface area contributed by atoms with Crippen molar-refractivity contribution in [2.45, 2.75) is 25.3 Å². The number of carboxylic acids is 1. The highest BCUT2D eigenvalue weighted by Gasteiger charge is 2.42. The number of nitrogens with zero attached hydrogens (tertiary/aromatic N) is 2. The van der Waals surface area contributed by atoms with Crippen molar-refractivity contribution in [3.8, 4) is 11.5 Å². The molecule has 0 aliphatic carbocycles. The predicted molar refractivity (Wildman–Crippen MR) is 92.4 cm³/mol. The number of rotatable bonds is 5. The molecule has 8 nitrogen and oxygen atoms in total. The Bertz CT molecular complexity index is 734. The van der Waals surface area contributed by atoms with E-state index in [0.717, 1.165) is 0 Å². The third-order valence-electron chi connectivity index (χ3n) is 4.97. The Morgan fingerprint density at radius 2 is 2.00 bits per heavy atom. The summed E-state index contributed by atoms with van der Waals surface area (Å²) in [6, 6.07) is 4.33. The highest BCUT2D eigenvalue weighted by Crippen LogP contribution is 2.36. The molecular formula is C18H22N2O6. The molecule has 0 radical (unpaired) electrons. The fourth-order valence-electron chi connectivity index (χ4n) is 3.64. The summed E-state index contributed by atoms with van der Waals surface area (Å²) in [7, 11) is 3.04. The summed E-state index contributed by atoms with van der Waals surface area (Å²) in [4.78, 5) is 39.5. The van der Waals surface area contributed by atoms with Crippen LogP contribution in [0.15, 0.2) is 18.2 Å². The van der Waals surface area contributed by atoms with Gasteiger partial charge in [-0.25, -0.2) is 4.79 Å². The molecule has 0 spiro atoms. The maximum Gasteiger partial charge on any atom is 0.326 e. The van der Waals surface area contributed by atoms with E-state index in [2.05, 4.69) is 0 Å². The lowest BCUT2D eigenvalue weighted by Crippen LogP contribution is -2.44. The van der Waals surface area contributed by atoms with Crippen molar-refractivity contribution in [1.82, 2.24) is 4.90 Å². The number of carboxylic acid groups (broad SMARTS) is 1. The van der Waals surface area contributed by atoms with E-state index in [1.165, 1.54) is 16.9 Å². The van der Waals surface area contributed by atoms with Crippen molar-refractivity contribution in [3.63, 3.8) is 0 Å². The van der Waals surface area contributed by atoms with Crippen LogP contribution in [0.2, 0.25) is 0 Å². The van der Waals surface area contributed by atoms with Crippen LogP contribution in [0.25, 0.3) is 0 Å². The number of benzene rings is 1. The molecule has 1 aromatic rings. The summed E-state index contributed by atoms with van der Waals surface area (Å²) >= 11 is 0. The Morgan fingerprint density at radius 1 is 1.23 bits per heavy atom. The van der Waals surface area contributed by atoms with Crippen LogP contribution in [0.4, 0.5) is 5.69 Å². The average molecular weight is 362 g/mol. The summed E-state index contributed by atoms with van der Waals surface area (Å²) in [5.74, 6) is -0.902. The Hall–Kier alpha value is -2.77. The van der Waals surface area contributed by atoms with Gasteiger partial charge >= 0.3 is 5.97 Å². The van der Waals surface area contributed by atoms with E-state index in [1.54, 1.807) is 25.3 Å². The zero-order valence-corrected chi connectivity index (χ0v) is 14.8. The number of hydrogen-bond acceptors (Lipinski definition) is 5. The second kappa shape index (κ2) is 7.23. The van der Waals surface area contributed by atoms with Crippen LogP contribution in [-0.4, -0.2) is 61.1 Å². The first-order chi connectivity index (χ1) is 12.5. The van der Waals surface area contributed by atoms with E-state index in [9.17, 15) is 19.5 Å². The smallest absolute Gasteiger partial charge is 0.326 e. The van der Waals surface area contributed by atoms with Crippen molar-refractivity contribution < 1.29 is 29.0 Å². The Labute approximate surface area is 151 Å². The van der Waals surface area contributed by atoms with Crippen LogP contribution in [0, 0.1) is 5.92 Å². The monoisotopic (exact) mass is 362 g/mol. The van der Waals surface area contributed by atoms with Crippen LogP contribution in [0.3, 0.4) is 0 Å². The molecule has 140 valence electrons. The molecule has 0 saturated carbocycles. The maximum absolute atomic E-state index is 12.8. The second-order valence-corrected chi connectivity index (χ2v) is 6.47. The molecule has 0 aromatic heterocycles. The maximum atomic E-state index is 12.8. The van der Waals surface area contributed by atoms with E-state index in [-0.39, 0.29) is 24.8 Å². The summed E-state index contributed by atoms with van der Waals surface area (Å²) < 4.78 is 10.5. The normalized spacial score (nSPS) is 22.6. The number of anilines is 1. The lowest BCUT2D eigenvalue weighted by molar-refractivity contribution is -0.149. The highest BCUT2D eigenvalue weighted by molar-refractivity contribution is 6.02. The van der Waals surface area contributed by atoms with E-state index in [0.29, 0.717) is 36.6 Å². The zero-order valence-electron chi connectivity index (χ0n) is 14.8. The number of carbonyl (C=O) groups is 3. The van der Waals surface area contributed by atoms with Crippen LogP contribution < -0.4 is 14.4 Å². The number of ether oxygens (including phenoxy) is 2. The molecule has 0 bridgehead atoms. The fraction of sp³-hybridized carbons (Fsp3) is 0.500. The minimum Gasteiger partial charge on any atom is -0.497 e. The lowest BCUT2D eigenvalue weighted by Gasteiger charge is -2.25. The third-order valence-corrected chi connectivity index (χ3v) is 4.97. The van der Waals surface area contributed by atoms with Gasteiger partial charge in [-0.1, -0.05) is 0 Å². The minimum absolute atomic E-state index is 0.0663. The summed E-state index contributed by atoms with van der Waals surface area (Å²) in [6.45, 7) is 0.634. The number of methoxy groups -OCH3 is 2. The largest absolute Gasteiger partial charge is 0.497 e. The summed E-state index contributed by atoms with van der Waals surface area (Å²) in [5.41, 5.74) is 0.574. The number of hydrogen-bond donors (Lipinski definition) is 1. The molecular weight excluding hydrogens is 340 g/mol. The molecule has 0 unspecified atom stereocenters. The Balaban J connectivity index is 1.79. The molecule has 1 N–H and O–H groups in total. The van der Waals surface area contributed by atoms with Gasteiger partial charge in [-0.15, -0.1) is 0 Å². The minimum atomic E-state index is -0.992. The van der Waals surface area contributed by atoms with Crippen LogP contribution in [0.1, 0.15) is 19.3 Å². The molecule has 2 aliphatic rings. The van der Waals surface area contributed by atoms with Gasteiger partial charge in [0.05, 0.1) is 25.8 Å². The van der Waals surface area contributed by atoms with Gasteiger partial charge in [0.1, 0.15) is 17.5 Å².